The van der Waals surface area contributed by atoms with E-state index in [0.29, 0.717) is 21.5 Å². The van der Waals surface area contributed by atoms with E-state index in [2.05, 4.69) is 0 Å². The Bertz CT molecular complexity index is 1770. The molecule has 12 nitrogen and oxygen atoms in total. The molecule has 0 atom stereocenters. The lowest BCUT2D eigenvalue weighted by Crippen LogP contribution is -2.18. The average Bonchev–Trinajstić information content (AvgIpc) is 3.03. The highest BCUT2D eigenvalue weighted by Crippen LogP contribution is 2.43. The molecule has 4 aromatic carbocycles. The first-order valence-corrected chi connectivity index (χ1v) is 15.9. The number of ether oxygens (including phenoxy) is 4. The summed E-state index contributed by atoms with van der Waals surface area (Å²) in [5.41, 5.74) is -0.670. The summed E-state index contributed by atoms with van der Waals surface area (Å²) in [5.74, 6) is -5.28. The van der Waals surface area contributed by atoms with Gasteiger partial charge in [0.25, 0.3) is 0 Å². The predicted octanol–water partition coefficient (Wildman–Crippen LogP) is 8.18. The van der Waals surface area contributed by atoms with Crippen molar-refractivity contribution in [1.82, 2.24) is 0 Å². The molecule has 0 saturated heterocycles. The lowest BCUT2D eigenvalue weighted by Gasteiger charge is -2.21. The van der Waals surface area contributed by atoms with Gasteiger partial charge in [0.05, 0.1) is 25.4 Å². The summed E-state index contributed by atoms with van der Waals surface area (Å²) in [6.07, 6.45) is -0.630. The van der Waals surface area contributed by atoms with Crippen molar-refractivity contribution in [2.45, 2.75) is 74.5 Å². The molecule has 0 unspecified atom stereocenters. The molecular formula is C37H44O12. The van der Waals surface area contributed by atoms with Crippen LogP contribution in [-0.2, 0) is 0 Å². The second-order valence-corrected chi connectivity index (χ2v) is 10.8. The molecule has 4 rings (SSSR count). The van der Waals surface area contributed by atoms with Crippen molar-refractivity contribution in [3.05, 3.63) is 70.3 Å². The molecule has 0 aliphatic heterocycles. The fourth-order valence-electron chi connectivity index (χ4n) is 5.04. The summed E-state index contributed by atoms with van der Waals surface area (Å²) >= 11 is 0. The monoisotopic (exact) mass is 680 g/mol. The van der Waals surface area contributed by atoms with Gasteiger partial charge < -0.3 is 39.4 Å². The van der Waals surface area contributed by atoms with Crippen molar-refractivity contribution in [1.29, 1.82) is 0 Å². The molecular weight excluding hydrogens is 636 g/mol. The molecule has 264 valence electrons. The summed E-state index contributed by atoms with van der Waals surface area (Å²) in [5, 5.41) is 40.4. The Hall–Kier alpha value is -5.52. The third-order valence-electron chi connectivity index (χ3n) is 6.63. The van der Waals surface area contributed by atoms with E-state index in [-0.39, 0.29) is 59.5 Å². The Morgan fingerprint density at radius 2 is 0.878 bits per heavy atom. The van der Waals surface area contributed by atoms with Crippen LogP contribution in [0.3, 0.4) is 0 Å². The van der Waals surface area contributed by atoms with Crippen molar-refractivity contribution in [3.63, 3.8) is 0 Å². The largest absolute Gasteiger partial charge is 0.492 e. The molecule has 49 heavy (non-hydrogen) atoms. The maximum absolute atomic E-state index is 11.8. The summed E-state index contributed by atoms with van der Waals surface area (Å²) in [6, 6.07) is 12.2. The van der Waals surface area contributed by atoms with Crippen molar-refractivity contribution in [2.75, 3.05) is 13.2 Å². The van der Waals surface area contributed by atoms with Gasteiger partial charge in [-0.3, -0.25) is 0 Å². The van der Waals surface area contributed by atoms with Crippen LogP contribution in [-0.4, -0.2) is 69.7 Å². The Morgan fingerprint density at radius 3 is 1.20 bits per heavy atom. The van der Waals surface area contributed by atoms with Gasteiger partial charge >= 0.3 is 23.9 Å². The molecule has 0 aliphatic carbocycles. The molecule has 4 N–H and O–H groups in total. The topological polar surface area (TPSA) is 186 Å². The van der Waals surface area contributed by atoms with Gasteiger partial charge in [-0.05, 0) is 54.5 Å². The van der Waals surface area contributed by atoms with Gasteiger partial charge in [0.15, 0.2) is 0 Å². The van der Waals surface area contributed by atoms with Gasteiger partial charge in [-0.15, -0.1) is 0 Å². The standard InChI is InChI=1S/C18H20O6.C17H18O6.C2H6/c1-9(2)23-15-11-7-5-6-8-12(11)16(24-10(3)4)14(18(21)22)13(15)17(19)20;1-4-22-14-10-7-6-9(3)8-11(10)15(23-5-2)13(17(20)21)12(14)16(18)19;1-2/h5-10H,1-4H3,(H,19,20)(H,21,22);6-8H,4-5H2,1-3H3,(H,18,19)(H,20,21);1-2H3. The Morgan fingerprint density at radius 1 is 0.551 bits per heavy atom. The number of carboxylic acid groups (broad SMARTS) is 4. The number of hydrogen-bond donors (Lipinski definition) is 4. The molecule has 12 heteroatoms. The molecule has 0 amide bonds. The van der Waals surface area contributed by atoms with Crippen LogP contribution in [0.5, 0.6) is 23.0 Å². The third-order valence-corrected chi connectivity index (χ3v) is 6.63. The normalized spacial score (nSPS) is 10.5. The summed E-state index contributed by atoms with van der Waals surface area (Å²) < 4.78 is 22.3. The van der Waals surface area contributed by atoms with Crippen LogP contribution in [0.1, 0.15) is 102 Å². The molecule has 0 bridgehead atoms. The average molecular weight is 681 g/mol. The Balaban J connectivity index is 0.000000324. The van der Waals surface area contributed by atoms with E-state index in [0.717, 1.165) is 5.56 Å². The molecule has 0 radical (unpaired) electrons. The number of fused-ring (bicyclic) bond motifs is 2. The Labute approximate surface area is 284 Å². The van der Waals surface area contributed by atoms with E-state index in [1.54, 1.807) is 77.9 Å². The van der Waals surface area contributed by atoms with E-state index in [4.69, 9.17) is 18.9 Å². The number of rotatable bonds is 12. The minimum Gasteiger partial charge on any atom is -0.492 e. The van der Waals surface area contributed by atoms with E-state index in [1.807, 2.05) is 26.8 Å². The Kier molecular flexibility index (Phi) is 14.2. The fourth-order valence-corrected chi connectivity index (χ4v) is 5.04. The molecule has 0 heterocycles. The highest BCUT2D eigenvalue weighted by Gasteiger charge is 2.32. The van der Waals surface area contributed by atoms with Gasteiger partial charge in [-0.2, -0.15) is 0 Å². The maximum atomic E-state index is 11.8. The second-order valence-electron chi connectivity index (χ2n) is 10.8. The minimum absolute atomic E-state index is 0.0432. The van der Waals surface area contributed by atoms with E-state index in [9.17, 15) is 39.6 Å². The number of carbonyl (C=O) groups is 4. The lowest BCUT2D eigenvalue weighted by molar-refractivity contribution is 0.0640. The summed E-state index contributed by atoms with van der Waals surface area (Å²) in [7, 11) is 0. The van der Waals surface area contributed by atoms with Crippen LogP contribution in [0.4, 0.5) is 0 Å². The van der Waals surface area contributed by atoms with Gasteiger partial charge in [-0.1, -0.05) is 55.8 Å². The molecule has 4 aromatic rings. The van der Waals surface area contributed by atoms with Crippen molar-refractivity contribution in [2.24, 2.45) is 0 Å². The fraction of sp³-hybridized carbons (Fsp3) is 0.351. The quantitative estimate of drug-likeness (QED) is 0.113. The molecule has 0 spiro atoms. The summed E-state index contributed by atoms with van der Waals surface area (Å²) in [6.45, 7) is 16.7. The zero-order valence-electron chi connectivity index (χ0n) is 29.2. The van der Waals surface area contributed by atoms with Gasteiger partial charge in [0.1, 0.15) is 45.3 Å². The highest BCUT2D eigenvalue weighted by atomic mass is 16.5. The smallest absolute Gasteiger partial charge is 0.340 e. The van der Waals surface area contributed by atoms with Crippen molar-refractivity contribution < 1.29 is 58.6 Å². The van der Waals surface area contributed by atoms with E-state index < -0.39 is 35.0 Å². The zero-order chi connectivity index (χ0) is 37.2. The van der Waals surface area contributed by atoms with Crippen LogP contribution in [0, 0.1) is 6.92 Å². The number of hydrogen-bond acceptors (Lipinski definition) is 8. The van der Waals surface area contributed by atoms with Crippen LogP contribution < -0.4 is 18.9 Å². The first-order valence-electron chi connectivity index (χ1n) is 15.9. The lowest BCUT2D eigenvalue weighted by atomic mass is 9.96. The first kappa shape index (κ1) is 39.7. The van der Waals surface area contributed by atoms with E-state index >= 15 is 0 Å². The molecule has 0 aliphatic rings. The molecule has 0 fully saturated rings. The van der Waals surface area contributed by atoms with Gasteiger partial charge in [0, 0.05) is 21.5 Å². The van der Waals surface area contributed by atoms with Gasteiger partial charge in [0.2, 0.25) is 0 Å². The first-order chi connectivity index (χ1) is 23.2. The van der Waals surface area contributed by atoms with Crippen LogP contribution in [0.15, 0.2) is 42.5 Å². The zero-order valence-corrected chi connectivity index (χ0v) is 29.2. The highest BCUT2D eigenvalue weighted by molar-refractivity contribution is 6.15. The maximum Gasteiger partial charge on any atom is 0.340 e. The number of benzene rings is 4. The number of carboxylic acids is 4. The van der Waals surface area contributed by atoms with Crippen molar-refractivity contribution >= 4 is 45.4 Å². The van der Waals surface area contributed by atoms with E-state index in [1.165, 1.54) is 0 Å². The second kappa shape index (κ2) is 17.6. The van der Waals surface area contributed by atoms with Gasteiger partial charge in [-0.25, -0.2) is 19.2 Å². The molecule has 0 aromatic heterocycles. The van der Waals surface area contributed by atoms with Crippen molar-refractivity contribution in [3.8, 4) is 23.0 Å². The molecule has 0 saturated carbocycles. The third kappa shape index (κ3) is 8.89. The van der Waals surface area contributed by atoms with Crippen LogP contribution in [0.25, 0.3) is 21.5 Å². The number of aromatic carboxylic acids is 4. The SMILES string of the molecule is CC.CC(C)Oc1c(C(=O)O)c(C(=O)O)c(OC(C)C)c2ccccc12.CCOc1c(C(=O)O)c(C(=O)O)c(OCC)c2cc(C)ccc12. The number of aryl methyl sites for hydroxylation is 1. The minimum atomic E-state index is -1.37. The van der Waals surface area contributed by atoms with Crippen LogP contribution in [0.2, 0.25) is 0 Å². The predicted molar refractivity (Wildman–Crippen MR) is 186 cm³/mol. The van der Waals surface area contributed by atoms with Crippen LogP contribution >= 0.6 is 0 Å². The summed E-state index contributed by atoms with van der Waals surface area (Å²) in [4.78, 5) is 47.0.